The van der Waals surface area contributed by atoms with Crippen LogP contribution in [0.1, 0.15) is 19.4 Å². The van der Waals surface area contributed by atoms with Crippen LogP contribution in [0.5, 0.6) is 0 Å². The van der Waals surface area contributed by atoms with E-state index in [2.05, 4.69) is 5.32 Å². The third-order valence-corrected chi connectivity index (χ3v) is 4.04. The maximum atomic E-state index is 12.1. The van der Waals surface area contributed by atoms with Gasteiger partial charge in [-0.2, -0.15) is 5.26 Å². The van der Waals surface area contributed by atoms with Crippen LogP contribution in [0.25, 0.3) is 0 Å². The van der Waals surface area contributed by atoms with Crippen molar-refractivity contribution in [3.63, 3.8) is 0 Å². The summed E-state index contributed by atoms with van der Waals surface area (Å²) in [5, 5.41) is 20.7. The van der Waals surface area contributed by atoms with E-state index < -0.39 is 23.2 Å². The number of nitriles is 1. The van der Waals surface area contributed by atoms with E-state index in [1.165, 1.54) is 18.2 Å². The van der Waals surface area contributed by atoms with E-state index >= 15 is 0 Å². The van der Waals surface area contributed by atoms with Gasteiger partial charge >= 0.3 is 5.97 Å². The van der Waals surface area contributed by atoms with Crippen molar-refractivity contribution in [1.82, 2.24) is 0 Å². The fraction of sp³-hybridized carbons (Fsp3) is 0.357. The lowest BCUT2D eigenvalue weighted by Gasteiger charge is -2.08. The Morgan fingerprint density at radius 1 is 1.40 bits per heavy atom. The van der Waals surface area contributed by atoms with Crippen LogP contribution in [-0.4, -0.2) is 17.0 Å². The molecule has 2 N–H and O–H groups in total. The number of carbonyl (C=O) groups is 2. The second kappa shape index (κ2) is 4.80. The number of halogens is 1. The lowest BCUT2D eigenvalue weighted by molar-refractivity contribution is -0.140. The SMILES string of the molecule is CC1(C)[C@H](C(=O)O)[C@@H]1C(=O)Nc1ccc(C#N)cc1Cl. The van der Waals surface area contributed by atoms with Gasteiger partial charge in [-0.05, 0) is 23.6 Å². The Hall–Kier alpha value is -2.06. The third-order valence-electron chi connectivity index (χ3n) is 3.73. The molecule has 1 aromatic carbocycles. The van der Waals surface area contributed by atoms with E-state index in [1.807, 2.05) is 6.07 Å². The molecule has 2 rings (SSSR count). The number of hydrogen-bond acceptors (Lipinski definition) is 3. The molecule has 104 valence electrons. The number of rotatable bonds is 3. The van der Waals surface area contributed by atoms with Crippen molar-refractivity contribution >= 4 is 29.2 Å². The fourth-order valence-corrected chi connectivity index (χ4v) is 2.71. The number of hydrogen-bond donors (Lipinski definition) is 2. The van der Waals surface area contributed by atoms with Crippen LogP contribution < -0.4 is 5.32 Å². The number of carboxylic acids is 1. The molecule has 1 aliphatic rings. The molecule has 6 heteroatoms. The summed E-state index contributed by atoms with van der Waals surface area (Å²) in [5.74, 6) is -2.60. The standard InChI is InChI=1S/C14H13ClN2O3/c1-14(2)10(11(14)13(19)20)12(18)17-9-4-3-7(6-16)5-8(9)15/h3-5,10-11H,1-2H3,(H,17,18)(H,19,20)/t10-,11+/m1/s1. The average Bonchev–Trinajstić information content (AvgIpc) is 2.95. The number of anilines is 1. The van der Waals surface area contributed by atoms with Crippen molar-refractivity contribution in [2.24, 2.45) is 17.3 Å². The maximum Gasteiger partial charge on any atom is 0.307 e. The molecule has 1 amide bonds. The molecule has 0 spiro atoms. The van der Waals surface area contributed by atoms with Crippen LogP contribution in [0.2, 0.25) is 5.02 Å². The molecular formula is C14H13ClN2O3. The number of nitrogens with one attached hydrogen (secondary N) is 1. The summed E-state index contributed by atoms with van der Waals surface area (Å²) in [7, 11) is 0. The summed E-state index contributed by atoms with van der Waals surface area (Å²) < 4.78 is 0. The average molecular weight is 293 g/mol. The molecule has 0 unspecified atom stereocenters. The first kappa shape index (κ1) is 14.4. The molecule has 20 heavy (non-hydrogen) atoms. The summed E-state index contributed by atoms with van der Waals surface area (Å²) in [6, 6.07) is 6.46. The molecule has 0 aliphatic heterocycles. The molecule has 1 saturated carbocycles. The van der Waals surface area contributed by atoms with Crippen molar-refractivity contribution in [2.45, 2.75) is 13.8 Å². The van der Waals surface area contributed by atoms with Crippen molar-refractivity contribution in [2.75, 3.05) is 5.32 Å². The minimum Gasteiger partial charge on any atom is -0.481 e. The van der Waals surface area contributed by atoms with E-state index in [-0.39, 0.29) is 10.9 Å². The van der Waals surface area contributed by atoms with Gasteiger partial charge in [-0.1, -0.05) is 25.4 Å². The quantitative estimate of drug-likeness (QED) is 0.895. The molecule has 0 aromatic heterocycles. The molecular weight excluding hydrogens is 280 g/mol. The molecule has 2 atom stereocenters. The number of aliphatic carboxylic acids is 1. The Balaban J connectivity index is 2.14. The number of carbonyl (C=O) groups excluding carboxylic acids is 1. The van der Waals surface area contributed by atoms with Crippen LogP contribution >= 0.6 is 11.6 Å². The largest absolute Gasteiger partial charge is 0.481 e. The van der Waals surface area contributed by atoms with Gasteiger partial charge in [0.05, 0.1) is 34.2 Å². The topological polar surface area (TPSA) is 90.2 Å². The minimum absolute atomic E-state index is 0.253. The van der Waals surface area contributed by atoms with Crippen LogP contribution in [-0.2, 0) is 9.59 Å². The highest BCUT2D eigenvalue weighted by molar-refractivity contribution is 6.33. The van der Waals surface area contributed by atoms with Gasteiger partial charge in [0.15, 0.2) is 0 Å². The molecule has 0 bridgehead atoms. The van der Waals surface area contributed by atoms with E-state index in [4.69, 9.17) is 22.0 Å². The first-order valence-corrected chi connectivity index (χ1v) is 6.40. The summed E-state index contributed by atoms with van der Waals surface area (Å²) >= 11 is 5.97. The van der Waals surface area contributed by atoms with Gasteiger partial charge < -0.3 is 10.4 Å². The van der Waals surface area contributed by atoms with Gasteiger partial charge in [0.2, 0.25) is 5.91 Å². The Morgan fingerprint density at radius 3 is 2.50 bits per heavy atom. The van der Waals surface area contributed by atoms with Crippen molar-refractivity contribution in [3.8, 4) is 6.07 Å². The van der Waals surface area contributed by atoms with Crippen LogP contribution in [0.15, 0.2) is 18.2 Å². The first-order chi connectivity index (χ1) is 9.28. The number of benzene rings is 1. The lowest BCUT2D eigenvalue weighted by atomic mass is 10.1. The maximum absolute atomic E-state index is 12.1. The van der Waals surface area contributed by atoms with E-state index in [0.29, 0.717) is 11.3 Å². The first-order valence-electron chi connectivity index (χ1n) is 6.02. The van der Waals surface area contributed by atoms with Gasteiger partial charge in [0.1, 0.15) is 0 Å². The summed E-state index contributed by atoms with van der Waals surface area (Å²) in [6.45, 7) is 3.49. The Morgan fingerprint density at radius 2 is 2.05 bits per heavy atom. The van der Waals surface area contributed by atoms with Crippen molar-refractivity contribution in [1.29, 1.82) is 5.26 Å². The van der Waals surface area contributed by atoms with Crippen LogP contribution in [0.3, 0.4) is 0 Å². The normalized spacial score (nSPS) is 22.7. The number of nitrogens with zero attached hydrogens (tertiary/aromatic N) is 1. The number of amides is 1. The zero-order chi connectivity index (χ0) is 15.1. The molecule has 1 aromatic rings. The lowest BCUT2D eigenvalue weighted by Crippen LogP contribution is -2.18. The smallest absolute Gasteiger partial charge is 0.307 e. The Kier molecular flexibility index (Phi) is 3.45. The highest BCUT2D eigenvalue weighted by atomic mass is 35.5. The third kappa shape index (κ3) is 2.35. The van der Waals surface area contributed by atoms with E-state index in [0.717, 1.165) is 0 Å². The van der Waals surface area contributed by atoms with Crippen LogP contribution in [0.4, 0.5) is 5.69 Å². The molecule has 1 aliphatic carbocycles. The molecule has 1 fully saturated rings. The number of carboxylic acid groups (broad SMARTS) is 1. The van der Waals surface area contributed by atoms with E-state index in [1.54, 1.807) is 13.8 Å². The fourth-order valence-electron chi connectivity index (χ4n) is 2.48. The van der Waals surface area contributed by atoms with Gasteiger partial charge in [-0.25, -0.2) is 0 Å². The summed E-state index contributed by atoms with van der Waals surface area (Å²) in [6.07, 6.45) is 0. The predicted octanol–water partition coefficient (Wildman–Crippen LogP) is 2.51. The minimum atomic E-state index is -0.971. The summed E-state index contributed by atoms with van der Waals surface area (Å²) in [4.78, 5) is 23.2. The van der Waals surface area contributed by atoms with Crippen LogP contribution in [0, 0.1) is 28.6 Å². The van der Waals surface area contributed by atoms with Crippen molar-refractivity contribution < 1.29 is 14.7 Å². The molecule has 0 radical (unpaired) electrons. The van der Waals surface area contributed by atoms with Gasteiger partial charge in [-0.15, -0.1) is 0 Å². The van der Waals surface area contributed by atoms with Gasteiger partial charge in [-0.3, -0.25) is 9.59 Å². The molecule has 0 heterocycles. The zero-order valence-corrected chi connectivity index (χ0v) is 11.7. The van der Waals surface area contributed by atoms with Crippen molar-refractivity contribution in [3.05, 3.63) is 28.8 Å². The Bertz CT molecular complexity index is 634. The highest BCUT2D eigenvalue weighted by Gasteiger charge is 2.65. The molecule has 0 saturated heterocycles. The van der Waals surface area contributed by atoms with E-state index in [9.17, 15) is 9.59 Å². The Labute approximate surface area is 121 Å². The molecule has 5 nitrogen and oxygen atoms in total. The highest BCUT2D eigenvalue weighted by Crippen LogP contribution is 2.58. The second-order valence-electron chi connectivity index (χ2n) is 5.41. The summed E-state index contributed by atoms with van der Waals surface area (Å²) in [5.41, 5.74) is 0.209. The van der Waals surface area contributed by atoms with Gasteiger partial charge in [0.25, 0.3) is 0 Å². The monoisotopic (exact) mass is 292 g/mol. The zero-order valence-electron chi connectivity index (χ0n) is 11.0. The predicted molar refractivity (Wildman–Crippen MR) is 73.2 cm³/mol. The van der Waals surface area contributed by atoms with Gasteiger partial charge in [0, 0.05) is 0 Å². The second-order valence-corrected chi connectivity index (χ2v) is 5.82.